The Labute approximate surface area is 284 Å². The number of nitrogens with one attached hydrogen (secondary N) is 7. The second-order valence-electron chi connectivity index (χ2n) is 11.7. The van der Waals surface area contributed by atoms with Crippen LogP contribution in [-0.4, -0.2) is 119 Å². The van der Waals surface area contributed by atoms with E-state index in [-0.39, 0.29) is 44.6 Å². The first-order chi connectivity index (χ1) is 22.7. The lowest BCUT2D eigenvalue weighted by molar-refractivity contribution is -0.140. The number of carboxylic acids is 1. The number of hydrogen-bond donors (Lipinski definition) is 10. The number of ketones is 2. The molecule has 6 atom stereocenters. The topological polar surface area (TPSA) is 282 Å². The van der Waals surface area contributed by atoms with Gasteiger partial charge in [0.15, 0.2) is 5.96 Å². The summed E-state index contributed by atoms with van der Waals surface area (Å²) in [6.07, 6.45) is 2.42. The van der Waals surface area contributed by atoms with Gasteiger partial charge in [0.1, 0.15) is 18.1 Å². The summed E-state index contributed by atoms with van der Waals surface area (Å²) in [6.45, 7) is 3.43. The number of aliphatic hydroxyl groups is 1. The lowest BCUT2D eigenvalue weighted by Gasteiger charge is -2.27. The van der Waals surface area contributed by atoms with E-state index in [1.165, 1.54) is 18.7 Å². The molecule has 1 saturated heterocycles. The fourth-order valence-corrected chi connectivity index (χ4v) is 5.33. The van der Waals surface area contributed by atoms with Crippen LogP contribution in [0.4, 0.5) is 0 Å². The quantitative estimate of drug-likeness (QED) is 0.0497. The smallest absolute Gasteiger partial charge is 0.303 e. The summed E-state index contributed by atoms with van der Waals surface area (Å²) >= 11 is 1.41. The largest absolute Gasteiger partial charge is 0.481 e. The average Bonchev–Trinajstić information content (AvgIpc) is 3.02. The van der Waals surface area contributed by atoms with Crippen LogP contribution in [0.5, 0.6) is 0 Å². The number of rotatable bonds is 11. The Morgan fingerprint density at radius 3 is 2.12 bits per heavy atom. The molecule has 1 rings (SSSR count). The standard InChI is InChI=1S/C30H52N8O9S/c1-17-25(43)26(44)19(13-16-48-3)35-27(45)20(9-8-15-34-30(31)32)36-28(46)21(11-12-23(41)42)37-29(47)24(18(2)39)38-22(40)10-6-4-5-7-14-33-17/h17-21,24,33,39H,4-16H2,1-3H3,(H,35,45)(H,36,46)(H,37,47)(H,38,40)(H,41,42)(H4,31,32,34)/t17?,18-,19?,20+,21?,24+/m1/s1. The Kier molecular flexibility index (Phi) is 20.0. The van der Waals surface area contributed by atoms with Crippen molar-refractivity contribution in [1.82, 2.24) is 31.9 Å². The van der Waals surface area contributed by atoms with Crippen molar-refractivity contribution in [3.8, 4) is 0 Å². The molecule has 0 spiro atoms. The number of carbonyl (C=O) groups is 7. The first-order valence-electron chi connectivity index (χ1n) is 16.2. The first kappa shape index (κ1) is 42.3. The molecule has 48 heavy (non-hydrogen) atoms. The lowest BCUT2D eigenvalue weighted by atomic mass is 10.00. The van der Waals surface area contributed by atoms with Gasteiger partial charge in [0.05, 0.1) is 18.2 Å². The van der Waals surface area contributed by atoms with Crippen molar-refractivity contribution in [3.05, 3.63) is 0 Å². The molecule has 0 aromatic carbocycles. The van der Waals surface area contributed by atoms with Crippen LogP contribution in [0.2, 0.25) is 0 Å². The minimum atomic E-state index is -1.49. The molecule has 17 nitrogen and oxygen atoms in total. The number of carboxylic acid groups (broad SMARTS) is 1. The zero-order valence-electron chi connectivity index (χ0n) is 27.9. The van der Waals surface area contributed by atoms with Crippen LogP contribution in [0, 0.1) is 5.41 Å². The minimum absolute atomic E-state index is 0.0286. The van der Waals surface area contributed by atoms with Gasteiger partial charge in [-0.05, 0) is 70.9 Å². The Bertz CT molecular complexity index is 1140. The van der Waals surface area contributed by atoms with E-state index in [9.17, 15) is 43.8 Å². The van der Waals surface area contributed by atoms with Crippen LogP contribution >= 0.6 is 11.8 Å². The Hall–Kier alpha value is -3.77. The molecule has 272 valence electrons. The number of hydrogen-bond acceptors (Lipinski definition) is 11. The van der Waals surface area contributed by atoms with Crippen LogP contribution < -0.4 is 37.6 Å². The van der Waals surface area contributed by atoms with Crippen molar-refractivity contribution in [3.63, 3.8) is 0 Å². The molecule has 0 radical (unpaired) electrons. The Balaban J connectivity index is 3.45. The monoisotopic (exact) mass is 700 g/mol. The Morgan fingerprint density at radius 2 is 1.52 bits per heavy atom. The van der Waals surface area contributed by atoms with Crippen LogP contribution in [0.1, 0.15) is 78.1 Å². The van der Waals surface area contributed by atoms with Gasteiger partial charge < -0.3 is 47.8 Å². The number of carbonyl (C=O) groups excluding carboxylic acids is 6. The highest BCUT2D eigenvalue weighted by molar-refractivity contribution is 7.98. The summed E-state index contributed by atoms with van der Waals surface area (Å²) in [6, 6.07) is -6.25. The molecule has 0 aliphatic carbocycles. The van der Waals surface area contributed by atoms with Crippen molar-refractivity contribution in [2.24, 2.45) is 5.73 Å². The molecular formula is C30H52N8O9S. The van der Waals surface area contributed by atoms with Crippen LogP contribution in [0.3, 0.4) is 0 Å². The molecular weight excluding hydrogens is 648 g/mol. The maximum atomic E-state index is 13.6. The fraction of sp³-hybridized carbons (Fsp3) is 0.733. The van der Waals surface area contributed by atoms with Crippen molar-refractivity contribution in [1.29, 1.82) is 5.41 Å². The van der Waals surface area contributed by atoms with Gasteiger partial charge in [0.2, 0.25) is 35.2 Å². The molecule has 0 saturated carbocycles. The number of Topliss-reactive ketones (excluding diaryl/α,β-unsaturated/α-hetero) is 2. The molecule has 11 N–H and O–H groups in total. The summed E-state index contributed by atoms with van der Waals surface area (Å²) in [7, 11) is 0. The Morgan fingerprint density at radius 1 is 0.917 bits per heavy atom. The van der Waals surface area contributed by atoms with E-state index in [1.807, 2.05) is 0 Å². The summed E-state index contributed by atoms with van der Waals surface area (Å²) in [5.41, 5.74) is 5.33. The van der Waals surface area contributed by atoms with Crippen LogP contribution in [0.15, 0.2) is 0 Å². The van der Waals surface area contributed by atoms with Crippen molar-refractivity contribution < 1.29 is 43.8 Å². The lowest BCUT2D eigenvalue weighted by Crippen LogP contribution is -2.59. The number of nitrogens with two attached hydrogens (primary N) is 1. The molecule has 1 aliphatic heterocycles. The molecule has 3 unspecified atom stereocenters. The second kappa shape index (κ2) is 22.7. The number of aliphatic hydroxyl groups excluding tert-OH is 1. The number of guanidine groups is 1. The van der Waals surface area contributed by atoms with Gasteiger partial charge in [-0.2, -0.15) is 11.8 Å². The molecule has 0 aromatic rings. The van der Waals surface area contributed by atoms with Crippen LogP contribution in [0.25, 0.3) is 0 Å². The van der Waals surface area contributed by atoms with E-state index < -0.39 is 83.9 Å². The van der Waals surface area contributed by atoms with Crippen molar-refractivity contribution in [2.75, 3.05) is 25.1 Å². The van der Waals surface area contributed by atoms with Gasteiger partial charge in [-0.15, -0.1) is 0 Å². The molecule has 4 amide bonds. The van der Waals surface area contributed by atoms with E-state index in [4.69, 9.17) is 11.1 Å². The molecule has 0 bridgehead atoms. The zero-order chi connectivity index (χ0) is 36.2. The highest BCUT2D eigenvalue weighted by Crippen LogP contribution is 2.09. The van der Waals surface area contributed by atoms with Gasteiger partial charge in [-0.1, -0.05) is 12.8 Å². The predicted octanol–water partition coefficient (Wildman–Crippen LogP) is -1.73. The van der Waals surface area contributed by atoms with E-state index >= 15 is 0 Å². The number of aliphatic carboxylic acids is 1. The van der Waals surface area contributed by atoms with Gasteiger partial charge in [-0.3, -0.25) is 39.0 Å². The summed E-state index contributed by atoms with van der Waals surface area (Å²) in [4.78, 5) is 90.6. The molecule has 1 heterocycles. The second-order valence-corrected chi connectivity index (χ2v) is 12.7. The predicted molar refractivity (Wildman–Crippen MR) is 179 cm³/mol. The maximum Gasteiger partial charge on any atom is 0.303 e. The van der Waals surface area contributed by atoms with E-state index in [1.54, 1.807) is 13.2 Å². The molecule has 0 aromatic heterocycles. The van der Waals surface area contributed by atoms with Gasteiger partial charge >= 0.3 is 5.97 Å². The fourth-order valence-electron chi connectivity index (χ4n) is 4.86. The first-order valence-corrected chi connectivity index (χ1v) is 17.6. The van der Waals surface area contributed by atoms with Crippen molar-refractivity contribution >= 4 is 58.9 Å². The van der Waals surface area contributed by atoms with E-state index in [0.717, 1.165) is 0 Å². The van der Waals surface area contributed by atoms with Crippen molar-refractivity contribution in [2.45, 2.75) is 114 Å². The number of thioether (sulfide) groups is 1. The van der Waals surface area contributed by atoms with Crippen LogP contribution in [-0.2, 0) is 33.6 Å². The highest BCUT2D eigenvalue weighted by atomic mass is 32.2. The third-order valence-corrected chi connectivity index (χ3v) is 8.28. The molecule has 1 fully saturated rings. The normalized spacial score (nSPS) is 25.3. The summed E-state index contributed by atoms with van der Waals surface area (Å²) < 4.78 is 0. The third kappa shape index (κ3) is 16.4. The molecule has 1 aliphatic rings. The summed E-state index contributed by atoms with van der Waals surface area (Å²) in [5, 5.41) is 42.5. The SMILES string of the molecule is CSCCC1NC(=O)[C@H](CCCNC(=N)N)NC(=O)C(CCC(=O)O)NC(=O)[C@H]([C@@H](C)O)NC(=O)CCCCCCNC(C)C(=O)C1=O. The minimum Gasteiger partial charge on any atom is -0.481 e. The summed E-state index contributed by atoms with van der Waals surface area (Å²) in [5.74, 6) is -5.81. The average molecular weight is 701 g/mol. The third-order valence-electron chi connectivity index (χ3n) is 7.64. The van der Waals surface area contributed by atoms with E-state index in [2.05, 4.69) is 31.9 Å². The van der Waals surface area contributed by atoms with Gasteiger partial charge in [0, 0.05) is 19.4 Å². The van der Waals surface area contributed by atoms with E-state index in [0.29, 0.717) is 38.0 Å². The number of amides is 4. The zero-order valence-corrected chi connectivity index (χ0v) is 28.7. The maximum absolute atomic E-state index is 13.6. The highest BCUT2D eigenvalue weighted by Gasteiger charge is 2.34. The molecule has 18 heteroatoms. The van der Waals surface area contributed by atoms with Gasteiger partial charge in [0.25, 0.3) is 0 Å². The van der Waals surface area contributed by atoms with Gasteiger partial charge in [-0.25, -0.2) is 0 Å².